The van der Waals surface area contributed by atoms with Gasteiger partial charge in [0.1, 0.15) is 5.82 Å². The zero-order chi connectivity index (χ0) is 21.3. The molecule has 0 aliphatic rings. The van der Waals surface area contributed by atoms with E-state index in [2.05, 4.69) is 44.9 Å². The summed E-state index contributed by atoms with van der Waals surface area (Å²) in [6.07, 6.45) is 3.57. The molecule has 0 aliphatic carbocycles. The normalized spacial score (nSPS) is 10.8. The topological polar surface area (TPSA) is 39.9 Å². The standard InChI is InChI=1S/C28H17N3O.Ir/c1-2-12-26-23(10-1)24-15-14-22(19-27(24)31(26)28-13-4-6-17-30-28)32-21-9-7-8-20(18-21)25-11-3-5-16-29-25;/h1-17H;/q-2;. The van der Waals surface area contributed by atoms with Crippen LogP contribution in [0.25, 0.3) is 38.9 Å². The molecule has 6 aromatic rings. The van der Waals surface area contributed by atoms with Gasteiger partial charge in [-0.15, -0.1) is 41.3 Å². The second-order valence-corrected chi connectivity index (χ2v) is 7.37. The van der Waals surface area contributed by atoms with Gasteiger partial charge in [-0.25, -0.2) is 4.98 Å². The molecule has 0 atom stereocenters. The molecule has 3 aromatic carbocycles. The Balaban J connectivity index is 0.00000228. The minimum absolute atomic E-state index is 0. The van der Waals surface area contributed by atoms with Crippen molar-refractivity contribution in [3.05, 3.63) is 116 Å². The zero-order valence-corrected chi connectivity index (χ0v) is 19.8. The molecule has 0 spiro atoms. The van der Waals surface area contributed by atoms with Gasteiger partial charge in [0, 0.05) is 49.5 Å². The van der Waals surface area contributed by atoms with E-state index in [0.29, 0.717) is 11.5 Å². The van der Waals surface area contributed by atoms with Gasteiger partial charge >= 0.3 is 0 Å². The average Bonchev–Trinajstić information content (AvgIpc) is 3.19. The van der Waals surface area contributed by atoms with Crippen molar-refractivity contribution in [2.24, 2.45) is 0 Å². The summed E-state index contributed by atoms with van der Waals surface area (Å²) in [4.78, 5) is 8.97. The Kier molecular flexibility index (Phi) is 5.74. The number of para-hydroxylation sites is 1. The summed E-state index contributed by atoms with van der Waals surface area (Å²) in [5.74, 6) is 2.08. The molecule has 33 heavy (non-hydrogen) atoms. The predicted octanol–water partition coefficient (Wildman–Crippen LogP) is 6.63. The number of benzene rings is 3. The molecule has 161 valence electrons. The molecule has 3 aromatic heterocycles. The Morgan fingerprint density at radius 3 is 2.24 bits per heavy atom. The van der Waals surface area contributed by atoms with Crippen LogP contribution in [0, 0.1) is 12.1 Å². The number of hydrogen-bond acceptors (Lipinski definition) is 3. The fraction of sp³-hybridized carbons (Fsp3) is 0. The number of nitrogens with zero attached hydrogens (tertiary/aromatic N) is 3. The van der Waals surface area contributed by atoms with Crippen molar-refractivity contribution >= 4 is 21.8 Å². The van der Waals surface area contributed by atoms with Crippen LogP contribution in [-0.4, -0.2) is 14.5 Å². The predicted molar refractivity (Wildman–Crippen MR) is 126 cm³/mol. The quantitative estimate of drug-likeness (QED) is 0.213. The van der Waals surface area contributed by atoms with E-state index < -0.39 is 0 Å². The first-order chi connectivity index (χ1) is 15.9. The number of aromatic nitrogens is 3. The van der Waals surface area contributed by atoms with Crippen molar-refractivity contribution < 1.29 is 24.8 Å². The van der Waals surface area contributed by atoms with E-state index in [0.717, 1.165) is 38.9 Å². The molecule has 1 radical (unpaired) electrons. The van der Waals surface area contributed by atoms with Crippen LogP contribution >= 0.6 is 0 Å². The molecule has 0 saturated carbocycles. The van der Waals surface area contributed by atoms with Crippen LogP contribution in [0.15, 0.2) is 103 Å². The molecule has 0 unspecified atom stereocenters. The minimum atomic E-state index is 0. The van der Waals surface area contributed by atoms with Gasteiger partial charge in [0.05, 0.1) is 0 Å². The Morgan fingerprint density at radius 2 is 1.42 bits per heavy atom. The number of hydrogen-bond donors (Lipinski definition) is 0. The van der Waals surface area contributed by atoms with Crippen LogP contribution in [-0.2, 0) is 20.1 Å². The Labute approximate surface area is 204 Å². The van der Waals surface area contributed by atoms with E-state index in [9.17, 15) is 0 Å². The average molecular weight is 604 g/mol. The van der Waals surface area contributed by atoms with Crippen LogP contribution < -0.4 is 4.74 Å². The van der Waals surface area contributed by atoms with Gasteiger partial charge in [0.25, 0.3) is 0 Å². The van der Waals surface area contributed by atoms with E-state index in [-0.39, 0.29) is 20.1 Å². The van der Waals surface area contributed by atoms with Gasteiger partial charge in [0.15, 0.2) is 0 Å². The Bertz CT molecular complexity index is 1550. The SMILES string of the molecule is [Ir].[c-]1c(Oc2[c-]c3c(cc2)c2ccccc2n3-c2ccccn2)cccc1-c1ccccn1. The molecule has 0 fully saturated rings. The van der Waals surface area contributed by atoms with E-state index >= 15 is 0 Å². The fourth-order valence-electron chi connectivity index (χ4n) is 3.95. The van der Waals surface area contributed by atoms with Crippen molar-refractivity contribution in [1.29, 1.82) is 0 Å². The minimum Gasteiger partial charge on any atom is -0.503 e. The van der Waals surface area contributed by atoms with Crippen molar-refractivity contribution in [1.82, 2.24) is 14.5 Å². The molecule has 4 nitrogen and oxygen atoms in total. The third-order valence-corrected chi connectivity index (χ3v) is 5.36. The third-order valence-electron chi connectivity index (χ3n) is 5.36. The third kappa shape index (κ3) is 3.93. The van der Waals surface area contributed by atoms with E-state index in [1.54, 1.807) is 12.4 Å². The molecule has 0 aliphatic heterocycles. The maximum Gasteiger partial charge on any atom is 0.135 e. The maximum atomic E-state index is 6.16. The second-order valence-electron chi connectivity index (χ2n) is 7.37. The number of pyridine rings is 2. The van der Waals surface area contributed by atoms with Crippen LogP contribution in [0.5, 0.6) is 11.5 Å². The first-order valence-electron chi connectivity index (χ1n) is 10.4. The maximum absolute atomic E-state index is 6.16. The van der Waals surface area contributed by atoms with Crippen molar-refractivity contribution in [2.45, 2.75) is 0 Å². The number of rotatable bonds is 4. The molecular formula is C28H17IrN3O-2. The monoisotopic (exact) mass is 604 g/mol. The van der Waals surface area contributed by atoms with E-state index in [1.807, 2.05) is 72.8 Å². The number of fused-ring (bicyclic) bond motifs is 3. The smallest absolute Gasteiger partial charge is 0.135 e. The summed E-state index contributed by atoms with van der Waals surface area (Å²) in [5.41, 5.74) is 3.74. The number of ether oxygens (including phenoxy) is 1. The molecule has 5 heteroatoms. The van der Waals surface area contributed by atoms with E-state index in [4.69, 9.17) is 4.74 Å². The first kappa shape index (κ1) is 21.1. The van der Waals surface area contributed by atoms with Gasteiger partial charge in [-0.05, 0) is 35.3 Å². The fourth-order valence-corrected chi connectivity index (χ4v) is 3.95. The van der Waals surface area contributed by atoms with Crippen molar-refractivity contribution in [3.63, 3.8) is 0 Å². The second kappa shape index (κ2) is 8.99. The molecule has 0 bridgehead atoms. The molecule has 0 N–H and O–H groups in total. The molecule has 6 rings (SSSR count). The van der Waals surface area contributed by atoms with Gasteiger partial charge in [-0.2, -0.15) is 6.07 Å². The van der Waals surface area contributed by atoms with Crippen LogP contribution in [0.4, 0.5) is 0 Å². The molecule has 0 amide bonds. The Morgan fingerprint density at radius 1 is 0.636 bits per heavy atom. The Hall–Kier alpha value is -3.79. The summed E-state index contributed by atoms with van der Waals surface area (Å²) in [7, 11) is 0. The summed E-state index contributed by atoms with van der Waals surface area (Å²) < 4.78 is 8.28. The molecule has 0 saturated heterocycles. The van der Waals surface area contributed by atoms with Crippen LogP contribution in [0.2, 0.25) is 0 Å². The van der Waals surface area contributed by atoms with Gasteiger partial charge in [-0.3, -0.25) is 0 Å². The van der Waals surface area contributed by atoms with Crippen LogP contribution in [0.1, 0.15) is 0 Å². The molecular weight excluding hydrogens is 587 g/mol. The largest absolute Gasteiger partial charge is 0.503 e. The summed E-state index contributed by atoms with van der Waals surface area (Å²) in [6.45, 7) is 0. The van der Waals surface area contributed by atoms with E-state index in [1.165, 1.54) is 0 Å². The van der Waals surface area contributed by atoms with Crippen LogP contribution in [0.3, 0.4) is 0 Å². The summed E-state index contributed by atoms with van der Waals surface area (Å²) >= 11 is 0. The van der Waals surface area contributed by atoms with Gasteiger partial charge < -0.3 is 14.3 Å². The molecule has 3 heterocycles. The summed E-state index contributed by atoms with van der Waals surface area (Å²) in [5, 5.41) is 2.25. The zero-order valence-electron chi connectivity index (χ0n) is 17.4. The van der Waals surface area contributed by atoms with Crippen molar-refractivity contribution in [3.8, 4) is 28.6 Å². The first-order valence-corrected chi connectivity index (χ1v) is 10.4. The van der Waals surface area contributed by atoms with Gasteiger partial charge in [-0.1, -0.05) is 48.0 Å². The van der Waals surface area contributed by atoms with Gasteiger partial charge in [0.2, 0.25) is 0 Å². The summed E-state index contributed by atoms with van der Waals surface area (Å²) in [6, 6.07) is 36.6. The van der Waals surface area contributed by atoms with Crippen molar-refractivity contribution in [2.75, 3.05) is 0 Å².